The Morgan fingerprint density at radius 1 is 1.28 bits per heavy atom. The van der Waals surface area contributed by atoms with Gasteiger partial charge in [0.1, 0.15) is 17.9 Å². The maximum absolute atomic E-state index is 17.4. The number of fused-ring (bicyclic) bond motifs is 2. The molecule has 0 amide bonds. The molecule has 7 rings (SSSR count). The minimum Gasteiger partial charge on any atom is -0.468 e. The number of likely N-dealkylation sites (N-methyl/N-ethyl adjacent to an activating group) is 1. The number of rotatable bonds is 14. The van der Waals surface area contributed by atoms with Gasteiger partial charge in [0.25, 0.3) is 6.47 Å². The number of hydrogen-bond acceptors (Lipinski definition) is 12. The Labute approximate surface area is 296 Å². The van der Waals surface area contributed by atoms with E-state index < -0.39 is 5.82 Å². The Balaban J connectivity index is 1.34. The van der Waals surface area contributed by atoms with Gasteiger partial charge < -0.3 is 29.7 Å². The van der Waals surface area contributed by atoms with Crippen LogP contribution in [0.25, 0.3) is 12.0 Å². The fourth-order valence-electron chi connectivity index (χ4n) is 8.70. The van der Waals surface area contributed by atoms with Crippen LogP contribution in [0.15, 0.2) is 27.5 Å². The lowest BCUT2D eigenvalue weighted by atomic mass is 9.95. The predicted octanol–water partition coefficient (Wildman–Crippen LogP) is 3.75. The molecule has 5 aliphatic rings. The van der Waals surface area contributed by atoms with Crippen LogP contribution in [0.5, 0.6) is 0 Å². The van der Waals surface area contributed by atoms with Crippen molar-refractivity contribution >= 4 is 48.2 Å². The summed E-state index contributed by atoms with van der Waals surface area (Å²) >= 11 is 6.94. The minimum absolute atomic E-state index is 0.0438. The number of benzene rings is 1. The van der Waals surface area contributed by atoms with Crippen molar-refractivity contribution in [3.05, 3.63) is 49.7 Å². The first-order valence-corrected chi connectivity index (χ1v) is 18.0. The van der Waals surface area contributed by atoms with Crippen LogP contribution in [-0.4, -0.2) is 106 Å². The summed E-state index contributed by atoms with van der Waals surface area (Å²) in [5.74, 6) is 0.267. The topological polar surface area (TPSA) is 125 Å². The van der Waals surface area contributed by atoms with Gasteiger partial charge in [-0.3, -0.25) is 14.7 Å². The number of ether oxygens (including phenoxy) is 3. The van der Waals surface area contributed by atoms with Crippen LogP contribution in [0.2, 0.25) is 5.02 Å². The molecule has 4 aliphatic heterocycles. The van der Waals surface area contributed by atoms with Gasteiger partial charge in [-0.15, -0.1) is 0 Å². The van der Waals surface area contributed by atoms with Crippen LogP contribution in [-0.2, 0) is 19.0 Å². The van der Waals surface area contributed by atoms with Crippen LogP contribution in [0.4, 0.5) is 15.8 Å². The highest BCUT2D eigenvalue weighted by atomic mass is 35.5. The summed E-state index contributed by atoms with van der Waals surface area (Å²) in [6, 6.07) is 1.83. The molecule has 1 aromatic heterocycles. The van der Waals surface area contributed by atoms with Crippen LogP contribution in [0.1, 0.15) is 56.4 Å². The van der Waals surface area contributed by atoms with Crippen molar-refractivity contribution in [3.8, 4) is 0 Å². The van der Waals surface area contributed by atoms with Crippen LogP contribution >= 0.6 is 11.6 Å². The Morgan fingerprint density at radius 3 is 2.84 bits per heavy atom. The molecular formula is C36H46ClFN8O4. The van der Waals surface area contributed by atoms with E-state index in [0.29, 0.717) is 71.4 Å². The number of halogens is 2. The molecule has 0 bridgehead atoms. The highest BCUT2D eigenvalue weighted by molar-refractivity contribution is 6.31. The Hall–Kier alpha value is -3.49. The van der Waals surface area contributed by atoms with Gasteiger partial charge in [0.2, 0.25) is 0 Å². The number of azo groups is 1. The van der Waals surface area contributed by atoms with Crippen LogP contribution in [0.3, 0.4) is 0 Å². The second kappa shape index (κ2) is 15.0. The third-order valence-corrected chi connectivity index (χ3v) is 11.7. The Bertz CT molecular complexity index is 1870. The number of piperidine rings is 1. The highest BCUT2D eigenvalue weighted by Crippen LogP contribution is 2.52. The molecule has 1 aliphatic carbocycles. The van der Waals surface area contributed by atoms with Crippen molar-refractivity contribution < 1.29 is 23.4 Å². The monoisotopic (exact) mass is 708 g/mol. The van der Waals surface area contributed by atoms with E-state index in [1.807, 2.05) is 7.05 Å². The van der Waals surface area contributed by atoms with Crippen molar-refractivity contribution in [3.63, 3.8) is 0 Å². The van der Waals surface area contributed by atoms with E-state index in [9.17, 15) is 4.79 Å². The van der Waals surface area contributed by atoms with Gasteiger partial charge in [-0.25, -0.2) is 9.38 Å². The van der Waals surface area contributed by atoms with E-state index in [-0.39, 0.29) is 47.3 Å². The third-order valence-electron chi connectivity index (χ3n) is 11.4. The number of pyridine rings is 1. The largest absolute Gasteiger partial charge is 0.468 e. The smallest absolute Gasteiger partial charge is 0.293 e. The number of carbonyl (C=O) groups excluding carboxylic acids is 1. The summed E-state index contributed by atoms with van der Waals surface area (Å²) in [6.07, 6.45) is 10.2. The van der Waals surface area contributed by atoms with Crippen LogP contribution in [0, 0.1) is 22.3 Å². The van der Waals surface area contributed by atoms with E-state index >= 15 is 4.39 Å². The van der Waals surface area contributed by atoms with Gasteiger partial charge in [0.05, 0.1) is 48.2 Å². The molecule has 2 N–H and O–H groups in total. The van der Waals surface area contributed by atoms with E-state index in [1.54, 1.807) is 25.6 Å². The summed E-state index contributed by atoms with van der Waals surface area (Å²) in [7, 11) is 3.63. The van der Waals surface area contributed by atoms with Gasteiger partial charge in [0.15, 0.2) is 5.82 Å². The first kappa shape index (κ1) is 34.9. The number of aromatic nitrogens is 1. The molecule has 4 unspecified atom stereocenters. The van der Waals surface area contributed by atoms with Gasteiger partial charge in [-0.1, -0.05) is 11.6 Å². The average molecular weight is 709 g/mol. The van der Waals surface area contributed by atoms with Crippen molar-refractivity contribution in [2.24, 2.45) is 21.1 Å². The third kappa shape index (κ3) is 6.54. The van der Waals surface area contributed by atoms with Crippen molar-refractivity contribution in [1.29, 1.82) is 0 Å². The number of anilines is 1. The molecule has 1 saturated carbocycles. The first-order valence-electron chi connectivity index (χ1n) is 17.6. The summed E-state index contributed by atoms with van der Waals surface area (Å²) < 4.78 is 34.4. The summed E-state index contributed by atoms with van der Waals surface area (Å²) in [4.78, 5) is 24.6. The molecule has 14 heteroatoms. The standard InChI is InChI=1S/C36H46ClFN8O4/c1-39-28-18-45(12-6-29(28)48-3)35(40-2)25-16-41-34(32(38)33(25)42-20-50-19-36-8-4-10-46(36)11-5-9-36)31-24-17-43-44-27(24)15-26(37)30(31)23-14-22(23)7-13-49-21-47/h15-17,21-23,28-29,39,42H,2,4-14,18-20H2,1,3H3/b34-31-,35-25+. The Morgan fingerprint density at radius 2 is 2.10 bits per heavy atom. The lowest BCUT2D eigenvalue weighted by Crippen LogP contribution is -2.53. The molecule has 0 spiro atoms. The zero-order valence-corrected chi connectivity index (χ0v) is 29.6. The molecule has 4 atom stereocenters. The van der Waals surface area contributed by atoms with Crippen molar-refractivity contribution in [2.45, 2.75) is 68.5 Å². The lowest BCUT2D eigenvalue weighted by molar-refractivity contribution is -0.128. The summed E-state index contributed by atoms with van der Waals surface area (Å²) in [6.45, 7) is 8.84. The van der Waals surface area contributed by atoms with E-state index in [1.165, 1.54) is 12.8 Å². The second-order valence-electron chi connectivity index (χ2n) is 14.0. The van der Waals surface area contributed by atoms with Gasteiger partial charge in [-0.05, 0) is 95.3 Å². The molecule has 0 radical (unpaired) electrons. The number of nitrogens with zero attached hydrogens (tertiary/aromatic N) is 6. The highest BCUT2D eigenvalue weighted by Gasteiger charge is 2.44. The average Bonchev–Trinajstić information content (AvgIpc) is 3.38. The number of aliphatic imine (C=N–C) groups is 1. The number of hydrogen-bond donors (Lipinski definition) is 2. The van der Waals surface area contributed by atoms with Gasteiger partial charge in [0, 0.05) is 47.4 Å². The minimum atomic E-state index is -0.543. The molecule has 12 nitrogen and oxygen atoms in total. The molecule has 5 heterocycles. The molecule has 50 heavy (non-hydrogen) atoms. The van der Waals surface area contributed by atoms with E-state index in [2.05, 4.69) is 42.4 Å². The zero-order valence-electron chi connectivity index (χ0n) is 28.8. The lowest BCUT2D eigenvalue weighted by Gasteiger charge is -2.38. The van der Waals surface area contributed by atoms with Gasteiger partial charge in [-0.2, -0.15) is 10.2 Å². The quantitative estimate of drug-likeness (QED) is 0.131. The number of nitrogens with one attached hydrogen (secondary N) is 2. The van der Waals surface area contributed by atoms with Crippen LogP contribution < -0.4 is 21.1 Å². The fourth-order valence-corrected chi connectivity index (χ4v) is 9.04. The normalized spacial score (nSPS) is 26.3. The van der Waals surface area contributed by atoms with Gasteiger partial charge >= 0.3 is 0 Å². The second-order valence-corrected chi connectivity index (χ2v) is 14.4. The van der Waals surface area contributed by atoms with E-state index in [0.717, 1.165) is 44.3 Å². The molecule has 4 fully saturated rings. The summed E-state index contributed by atoms with van der Waals surface area (Å²) in [5, 5.41) is 17.4. The van der Waals surface area contributed by atoms with Crippen molar-refractivity contribution in [2.75, 3.05) is 65.6 Å². The molecule has 2 aromatic rings. The summed E-state index contributed by atoms with van der Waals surface area (Å²) in [5.41, 5.74) is 1.67. The molecule has 1 aromatic carbocycles. The maximum atomic E-state index is 17.4. The zero-order chi connectivity index (χ0) is 34.8. The van der Waals surface area contributed by atoms with Crippen molar-refractivity contribution in [1.82, 2.24) is 20.1 Å². The Kier molecular flexibility index (Phi) is 10.5. The predicted molar refractivity (Wildman–Crippen MR) is 189 cm³/mol. The first-order chi connectivity index (χ1) is 24.4. The maximum Gasteiger partial charge on any atom is 0.293 e. The number of carbonyl (C=O) groups is 1. The number of likely N-dealkylation sites (tertiary alicyclic amines) is 1. The number of methoxy groups -OCH3 is 1. The molecule has 3 saturated heterocycles. The molecule has 268 valence electrons. The van der Waals surface area contributed by atoms with E-state index in [4.69, 9.17) is 30.8 Å². The fraction of sp³-hybridized carbons (Fsp3) is 0.583. The SMILES string of the molecule is C=N/C(=c1/cn/c(=c2\c(C3CC3CCOC=O)c(Cl)cc3c2=CN=N3)c(F)c1NCOCC12CCCN1CCC2)N1CCC(OC)C(NC)C1. The molecular weight excluding hydrogens is 663 g/mol.